The van der Waals surface area contributed by atoms with E-state index in [0.717, 1.165) is 22.9 Å². The van der Waals surface area contributed by atoms with Gasteiger partial charge in [0.15, 0.2) is 0 Å². The van der Waals surface area contributed by atoms with Gasteiger partial charge in [-0.25, -0.2) is 8.42 Å². The molecule has 0 heterocycles. The van der Waals surface area contributed by atoms with Crippen LogP contribution in [0.3, 0.4) is 0 Å². The van der Waals surface area contributed by atoms with Crippen molar-refractivity contribution in [3.8, 4) is 0 Å². The lowest BCUT2D eigenvalue weighted by atomic mass is 10.00. The second-order valence-electron chi connectivity index (χ2n) is 11.4. The van der Waals surface area contributed by atoms with Gasteiger partial charge in [-0.3, -0.25) is 13.9 Å². The molecule has 0 spiro atoms. The number of carbonyl (C=O) groups excluding carboxylic acids is 2. The van der Waals surface area contributed by atoms with Gasteiger partial charge in [-0.15, -0.1) is 0 Å². The summed E-state index contributed by atoms with van der Waals surface area (Å²) in [5.74, 6) is -0.483. The molecule has 0 aliphatic heterocycles. The van der Waals surface area contributed by atoms with Crippen LogP contribution in [0.25, 0.3) is 0 Å². The number of aryl methyl sites for hydroxylation is 1. The van der Waals surface area contributed by atoms with Crippen molar-refractivity contribution in [2.24, 2.45) is 0 Å². The van der Waals surface area contributed by atoms with Crippen LogP contribution in [0.15, 0.2) is 78.9 Å². The molecule has 0 fully saturated rings. The number of halogens is 1. The molecule has 3 rings (SSSR count). The van der Waals surface area contributed by atoms with Gasteiger partial charge in [-0.1, -0.05) is 66.2 Å². The van der Waals surface area contributed by atoms with Gasteiger partial charge in [0.2, 0.25) is 21.8 Å². The molecule has 0 unspecified atom stereocenters. The Hall–Kier alpha value is -3.36. The van der Waals surface area contributed by atoms with Crippen molar-refractivity contribution < 1.29 is 18.0 Å². The topological polar surface area (TPSA) is 86.8 Å². The third-order valence-corrected chi connectivity index (χ3v) is 7.92. The minimum Gasteiger partial charge on any atom is -0.350 e. The van der Waals surface area contributed by atoms with E-state index in [2.05, 4.69) is 5.32 Å². The Kier molecular flexibility index (Phi) is 11.0. The summed E-state index contributed by atoms with van der Waals surface area (Å²) in [4.78, 5) is 29.2. The van der Waals surface area contributed by atoms with Crippen LogP contribution in [0.1, 0.15) is 50.3 Å². The van der Waals surface area contributed by atoms with Crippen molar-refractivity contribution in [2.75, 3.05) is 17.1 Å². The fourth-order valence-corrected chi connectivity index (χ4v) is 5.66. The minimum atomic E-state index is -3.56. The van der Waals surface area contributed by atoms with Crippen LogP contribution in [-0.4, -0.2) is 49.5 Å². The maximum Gasteiger partial charge on any atom is 0.243 e. The molecule has 7 nitrogen and oxygen atoms in total. The summed E-state index contributed by atoms with van der Waals surface area (Å²) in [5, 5.41) is 3.63. The van der Waals surface area contributed by atoms with Crippen LogP contribution >= 0.6 is 11.6 Å². The number of hydrogen-bond donors (Lipinski definition) is 1. The molecule has 2 amide bonds. The van der Waals surface area contributed by atoms with E-state index < -0.39 is 21.6 Å². The molecule has 1 N–H and O–H groups in total. The van der Waals surface area contributed by atoms with E-state index in [0.29, 0.717) is 17.1 Å². The molecule has 3 aromatic rings. The fourth-order valence-electron chi connectivity index (χ4n) is 4.58. The predicted molar refractivity (Wildman–Crippen MR) is 166 cm³/mol. The van der Waals surface area contributed by atoms with Gasteiger partial charge in [-0.2, -0.15) is 0 Å². The highest BCUT2D eigenvalue weighted by Gasteiger charge is 2.32. The number of nitrogens with one attached hydrogen (secondary N) is 1. The number of anilines is 1. The lowest BCUT2D eigenvalue weighted by molar-refractivity contribution is -0.142. The molecule has 9 heteroatoms. The summed E-state index contributed by atoms with van der Waals surface area (Å²) < 4.78 is 26.6. The normalized spacial score (nSPS) is 12.4. The standard InChI is InChI=1S/C32H40ClN3O4S/c1-24-11-9-14-28(21-24)36(41(5,39)40)20-10-15-30(37)35(23-26-16-18-27(33)19-17-26)29(31(38)34-32(2,3)4)22-25-12-7-6-8-13-25/h6-9,11-14,16-19,21,29H,10,15,20,22-23H2,1-5H3,(H,34,38)/t29-/m0/s1. The van der Waals surface area contributed by atoms with Gasteiger partial charge in [-0.05, 0) is 75.1 Å². The van der Waals surface area contributed by atoms with Gasteiger partial charge in [0.1, 0.15) is 6.04 Å². The molecule has 1 atom stereocenters. The van der Waals surface area contributed by atoms with Gasteiger partial charge in [0.05, 0.1) is 11.9 Å². The Morgan fingerprint density at radius 1 is 0.927 bits per heavy atom. The van der Waals surface area contributed by atoms with Crippen molar-refractivity contribution in [3.63, 3.8) is 0 Å². The first-order chi connectivity index (χ1) is 19.2. The predicted octanol–water partition coefficient (Wildman–Crippen LogP) is 5.75. The molecule has 0 bridgehead atoms. The third-order valence-electron chi connectivity index (χ3n) is 6.48. The zero-order valence-electron chi connectivity index (χ0n) is 24.4. The smallest absolute Gasteiger partial charge is 0.243 e. The van der Waals surface area contributed by atoms with Gasteiger partial charge >= 0.3 is 0 Å². The van der Waals surface area contributed by atoms with E-state index in [4.69, 9.17) is 11.6 Å². The van der Waals surface area contributed by atoms with Gasteiger partial charge in [0.25, 0.3) is 0 Å². The van der Waals surface area contributed by atoms with Crippen molar-refractivity contribution >= 4 is 39.1 Å². The number of carbonyl (C=O) groups is 2. The van der Waals surface area contributed by atoms with Crippen LogP contribution in [0.5, 0.6) is 0 Å². The fraction of sp³-hybridized carbons (Fsp3) is 0.375. The van der Waals surface area contributed by atoms with Crippen LogP contribution < -0.4 is 9.62 Å². The Bertz CT molecular complexity index is 1420. The lowest BCUT2D eigenvalue weighted by Crippen LogP contribution is -2.54. The second kappa shape index (κ2) is 14.0. The van der Waals surface area contributed by atoms with Crippen LogP contribution in [0, 0.1) is 6.92 Å². The van der Waals surface area contributed by atoms with Crippen molar-refractivity contribution in [2.45, 2.75) is 65.1 Å². The summed E-state index contributed by atoms with van der Waals surface area (Å²) in [5.41, 5.74) is 2.77. The van der Waals surface area contributed by atoms with Crippen LogP contribution in [0.4, 0.5) is 5.69 Å². The Balaban J connectivity index is 1.90. The highest BCUT2D eigenvalue weighted by molar-refractivity contribution is 7.92. The van der Waals surface area contributed by atoms with Crippen molar-refractivity contribution in [3.05, 3.63) is 101 Å². The van der Waals surface area contributed by atoms with E-state index in [-0.39, 0.29) is 37.7 Å². The van der Waals surface area contributed by atoms with Crippen LogP contribution in [-0.2, 0) is 32.6 Å². The third kappa shape index (κ3) is 10.2. The van der Waals surface area contributed by atoms with Gasteiger partial charge < -0.3 is 10.2 Å². The molecule has 3 aromatic carbocycles. The number of amides is 2. The highest BCUT2D eigenvalue weighted by Crippen LogP contribution is 2.22. The molecule has 0 aromatic heterocycles. The minimum absolute atomic E-state index is 0.0690. The van der Waals surface area contributed by atoms with Crippen LogP contribution in [0.2, 0.25) is 5.02 Å². The average molecular weight is 598 g/mol. The largest absolute Gasteiger partial charge is 0.350 e. The molecule has 0 saturated heterocycles. The summed E-state index contributed by atoms with van der Waals surface area (Å²) in [6.07, 6.45) is 1.85. The maximum atomic E-state index is 13.9. The Morgan fingerprint density at radius 3 is 2.17 bits per heavy atom. The molecule has 0 radical (unpaired) electrons. The monoisotopic (exact) mass is 597 g/mol. The SMILES string of the molecule is Cc1cccc(N(CCCC(=O)N(Cc2ccc(Cl)cc2)[C@@H](Cc2ccccc2)C(=O)NC(C)(C)C)S(C)(=O)=O)c1. The highest BCUT2D eigenvalue weighted by atomic mass is 35.5. The maximum absolute atomic E-state index is 13.9. The number of hydrogen-bond acceptors (Lipinski definition) is 4. The number of nitrogens with zero attached hydrogens (tertiary/aromatic N) is 2. The van der Waals surface area contributed by atoms with E-state index in [1.807, 2.05) is 88.4 Å². The molecular formula is C32H40ClN3O4S. The summed E-state index contributed by atoms with van der Waals surface area (Å²) in [6, 6.07) is 23.3. The van der Waals surface area contributed by atoms with E-state index >= 15 is 0 Å². The molecule has 0 aliphatic rings. The quantitative estimate of drug-likeness (QED) is 0.288. The first kappa shape index (κ1) is 32.2. The van der Waals surface area contributed by atoms with Crippen molar-refractivity contribution in [1.29, 1.82) is 0 Å². The first-order valence-corrected chi connectivity index (χ1v) is 15.9. The molecule has 0 aliphatic carbocycles. The van der Waals surface area contributed by atoms with E-state index in [1.165, 1.54) is 4.31 Å². The molecule has 220 valence electrons. The molecule has 41 heavy (non-hydrogen) atoms. The average Bonchev–Trinajstić information content (AvgIpc) is 2.88. The summed E-state index contributed by atoms with van der Waals surface area (Å²) in [6.45, 7) is 7.96. The Morgan fingerprint density at radius 2 is 1.59 bits per heavy atom. The summed E-state index contributed by atoms with van der Waals surface area (Å²) in [7, 11) is -3.56. The lowest BCUT2D eigenvalue weighted by Gasteiger charge is -2.34. The number of sulfonamides is 1. The number of rotatable bonds is 12. The second-order valence-corrected chi connectivity index (χ2v) is 13.7. The zero-order valence-corrected chi connectivity index (χ0v) is 26.0. The Labute approximate surface area is 249 Å². The summed E-state index contributed by atoms with van der Waals surface area (Å²) >= 11 is 6.10. The first-order valence-electron chi connectivity index (χ1n) is 13.7. The zero-order chi connectivity index (χ0) is 30.2. The van der Waals surface area contributed by atoms with Crippen molar-refractivity contribution in [1.82, 2.24) is 10.2 Å². The molecule has 0 saturated carbocycles. The van der Waals surface area contributed by atoms with E-state index in [9.17, 15) is 18.0 Å². The van der Waals surface area contributed by atoms with Gasteiger partial charge in [0, 0.05) is 36.5 Å². The molecular weight excluding hydrogens is 558 g/mol. The number of benzene rings is 3. The van der Waals surface area contributed by atoms with E-state index in [1.54, 1.807) is 23.1 Å².